The molecule has 0 fully saturated rings. The van der Waals surface area contributed by atoms with Gasteiger partial charge < -0.3 is 5.73 Å². The summed E-state index contributed by atoms with van der Waals surface area (Å²) in [5.74, 6) is -1.33. The molecule has 3 rings (SSSR count). The van der Waals surface area contributed by atoms with Crippen molar-refractivity contribution in [1.29, 1.82) is 0 Å². The van der Waals surface area contributed by atoms with Crippen molar-refractivity contribution >= 4 is 26.7 Å². The van der Waals surface area contributed by atoms with E-state index in [-0.39, 0.29) is 5.56 Å². The van der Waals surface area contributed by atoms with E-state index in [4.69, 9.17) is 5.73 Å². The van der Waals surface area contributed by atoms with Crippen LogP contribution in [0.3, 0.4) is 0 Å². The standard InChI is InChI=1S/C16H11BrF2N2/c17-10-6-13(18)15(14(19)7-10)16(20)12-3-1-2-9-8-21-5-4-11(9)12/h1-8,16H,20H2. The lowest BCUT2D eigenvalue weighted by molar-refractivity contribution is 0.542. The number of halogens is 3. The fraction of sp³-hybridized carbons (Fsp3) is 0.0625. The third kappa shape index (κ3) is 2.54. The van der Waals surface area contributed by atoms with Crippen molar-refractivity contribution < 1.29 is 8.78 Å². The lowest BCUT2D eigenvalue weighted by Crippen LogP contribution is -2.16. The Bertz CT molecular complexity index is 792. The lowest BCUT2D eigenvalue weighted by Gasteiger charge is -2.17. The van der Waals surface area contributed by atoms with E-state index in [1.54, 1.807) is 30.6 Å². The highest BCUT2D eigenvalue weighted by atomic mass is 79.9. The minimum absolute atomic E-state index is 0.137. The van der Waals surface area contributed by atoms with Gasteiger partial charge in [0.25, 0.3) is 0 Å². The van der Waals surface area contributed by atoms with Gasteiger partial charge in [-0.05, 0) is 29.1 Å². The van der Waals surface area contributed by atoms with Crippen LogP contribution in [0, 0.1) is 11.6 Å². The summed E-state index contributed by atoms with van der Waals surface area (Å²) in [5.41, 5.74) is 6.64. The Morgan fingerprint density at radius 2 is 1.81 bits per heavy atom. The predicted octanol–water partition coefficient (Wildman–Crippen LogP) is 4.32. The zero-order chi connectivity index (χ0) is 15.0. The molecule has 3 aromatic rings. The van der Waals surface area contributed by atoms with E-state index in [9.17, 15) is 8.78 Å². The van der Waals surface area contributed by atoms with Crippen molar-refractivity contribution in [2.24, 2.45) is 5.73 Å². The molecule has 2 aromatic carbocycles. The minimum Gasteiger partial charge on any atom is -0.320 e. The summed E-state index contributed by atoms with van der Waals surface area (Å²) in [4.78, 5) is 4.04. The molecule has 1 heterocycles. The number of benzene rings is 2. The average molecular weight is 349 g/mol. The van der Waals surface area contributed by atoms with Gasteiger partial charge in [-0.25, -0.2) is 8.78 Å². The van der Waals surface area contributed by atoms with E-state index in [2.05, 4.69) is 20.9 Å². The van der Waals surface area contributed by atoms with Crippen LogP contribution < -0.4 is 5.73 Å². The Balaban J connectivity index is 2.20. The zero-order valence-electron chi connectivity index (χ0n) is 10.9. The molecule has 0 amide bonds. The van der Waals surface area contributed by atoms with Crippen LogP contribution in [0.5, 0.6) is 0 Å². The maximum absolute atomic E-state index is 14.1. The molecule has 5 heteroatoms. The second-order valence-electron chi connectivity index (χ2n) is 4.70. The monoisotopic (exact) mass is 348 g/mol. The van der Waals surface area contributed by atoms with Crippen LogP contribution in [0.1, 0.15) is 17.2 Å². The fourth-order valence-electron chi connectivity index (χ4n) is 2.42. The molecule has 0 saturated heterocycles. The Morgan fingerprint density at radius 1 is 1.10 bits per heavy atom. The summed E-state index contributed by atoms with van der Waals surface area (Å²) in [7, 11) is 0. The van der Waals surface area contributed by atoms with Crippen molar-refractivity contribution in [3.05, 3.63) is 76.0 Å². The van der Waals surface area contributed by atoms with Gasteiger partial charge in [0.1, 0.15) is 11.6 Å². The largest absolute Gasteiger partial charge is 0.320 e. The van der Waals surface area contributed by atoms with E-state index in [0.717, 1.165) is 10.8 Å². The van der Waals surface area contributed by atoms with Gasteiger partial charge in [0.15, 0.2) is 0 Å². The molecule has 1 atom stereocenters. The van der Waals surface area contributed by atoms with Crippen LogP contribution in [-0.2, 0) is 0 Å². The summed E-state index contributed by atoms with van der Waals surface area (Å²) < 4.78 is 28.5. The summed E-state index contributed by atoms with van der Waals surface area (Å²) >= 11 is 3.06. The molecular weight excluding hydrogens is 338 g/mol. The minimum atomic E-state index is -0.885. The molecule has 0 spiro atoms. The number of pyridine rings is 1. The molecule has 0 radical (unpaired) electrons. The van der Waals surface area contributed by atoms with E-state index >= 15 is 0 Å². The molecule has 0 aliphatic heterocycles. The summed E-state index contributed by atoms with van der Waals surface area (Å²) in [6, 6.07) is 8.79. The molecule has 106 valence electrons. The fourth-order valence-corrected chi connectivity index (χ4v) is 2.83. The number of nitrogens with zero attached hydrogens (tertiary/aromatic N) is 1. The summed E-state index contributed by atoms with van der Waals surface area (Å²) in [6.07, 6.45) is 3.33. The third-order valence-corrected chi connectivity index (χ3v) is 3.86. The molecule has 2 nitrogen and oxygen atoms in total. The molecule has 2 N–H and O–H groups in total. The maximum Gasteiger partial charge on any atom is 0.132 e. The van der Waals surface area contributed by atoms with Crippen LogP contribution in [0.15, 0.2) is 53.3 Å². The SMILES string of the molecule is NC(c1c(F)cc(Br)cc1F)c1cccc2cnccc12. The van der Waals surface area contributed by atoms with Gasteiger partial charge in [0.05, 0.1) is 6.04 Å². The maximum atomic E-state index is 14.1. The predicted molar refractivity (Wildman–Crippen MR) is 81.8 cm³/mol. The third-order valence-electron chi connectivity index (χ3n) is 3.40. The second kappa shape index (κ2) is 5.50. The van der Waals surface area contributed by atoms with Crippen molar-refractivity contribution in [2.45, 2.75) is 6.04 Å². The van der Waals surface area contributed by atoms with E-state index < -0.39 is 17.7 Å². The first kappa shape index (κ1) is 14.1. The number of hydrogen-bond acceptors (Lipinski definition) is 2. The Kier molecular flexibility index (Phi) is 3.69. The van der Waals surface area contributed by atoms with Crippen LogP contribution in [-0.4, -0.2) is 4.98 Å². The number of rotatable bonds is 2. The van der Waals surface area contributed by atoms with Crippen molar-refractivity contribution in [2.75, 3.05) is 0 Å². The van der Waals surface area contributed by atoms with Crippen LogP contribution in [0.4, 0.5) is 8.78 Å². The number of hydrogen-bond donors (Lipinski definition) is 1. The molecule has 1 unspecified atom stereocenters. The first-order valence-corrected chi connectivity index (χ1v) is 7.10. The van der Waals surface area contributed by atoms with E-state index in [0.29, 0.717) is 10.0 Å². The van der Waals surface area contributed by atoms with Gasteiger partial charge in [0.2, 0.25) is 0 Å². The normalized spacial score (nSPS) is 12.6. The van der Waals surface area contributed by atoms with Crippen molar-refractivity contribution in [1.82, 2.24) is 4.98 Å². The zero-order valence-corrected chi connectivity index (χ0v) is 12.4. The molecule has 0 aliphatic carbocycles. The Hall–Kier alpha value is -1.85. The Morgan fingerprint density at radius 3 is 2.52 bits per heavy atom. The van der Waals surface area contributed by atoms with Crippen molar-refractivity contribution in [3.8, 4) is 0 Å². The molecule has 0 bridgehead atoms. The van der Waals surface area contributed by atoms with E-state index in [1.807, 2.05) is 6.07 Å². The summed E-state index contributed by atoms with van der Waals surface area (Å²) in [5, 5.41) is 1.71. The smallest absolute Gasteiger partial charge is 0.132 e. The summed E-state index contributed by atoms with van der Waals surface area (Å²) in [6.45, 7) is 0. The average Bonchev–Trinajstić information content (AvgIpc) is 2.45. The van der Waals surface area contributed by atoms with Gasteiger partial charge in [-0.3, -0.25) is 4.98 Å². The van der Waals surface area contributed by atoms with Crippen molar-refractivity contribution in [3.63, 3.8) is 0 Å². The van der Waals surface area contributed by atoms with Gasteiger partial charge in [-0.1, -0.05) is 34.1 Å². The van der Waals surface area contributed by atoms with Gasteiger partial charge >= 0.3 is 0 Å². The first-order chi connectivity index (χ1) is 10.1. The van der Waals surface area contributed by atoms with Gasteiger partial charge in [0, 0.05) is 27.8 Å². The topological polar surface area (TPSA) is 38.9 Å². The van der Waals surface area contributed by atoms with Crippen LogP contribution >= 0.6 is 15.9 Å². The van der Waals surface area contributed by atoms with Crippen LogP contribution in [0.2, 0.25) is 0 Å². The van der Waals surface area contributed by atoms with Gasteiger partial charge in [-0.15, -0.1) is 0 Å². The van der Waals surface area contributed by atoms with E-state index in [1.165, 1.54) is 12.1 Å². The van der Waals surface area contributed by atoms with Crippen LogP contribution in [0.25, 0.3) is 10.8 Å². The highest BCUT2D eigenvalue weighted by molar-refractivity contribution is 9.10. The second-order valence-corrected chi connectivity index (χ2v) is 5.62. The quantitative estimate of drug-likeness (QED) is 0.748. The lowest BCUT2D eigenvalue weighted by atomic mass is 9.94. The molecular formula is C16H11BrF2N2. The Labute approximate surface area is 128 Å². The molecule has 0 aliphatic rings. The molecule has 1 aromatic heterocycles. The number of fused-ring (bicyclic) bond motifs is 1. The number of nitrogens with two attached hydrogens (primary N) is 1. The molecule has 0 saturated carbocycles. The highest BCUT2D eigenvalue weighted by Crippen LogP contribution is 2.31. The number of aromatic nitrogens is 1. The highest BCUT2D eigenvalue weighted by Gasteiger charge is 2.20. The first-order valence-electron chi connectivity index (χ1n) is 6.30. The van der Waals surface area contributed by atoms with Gasteiger partial charge in [-0.2, -0.15) is 0 Å². The molecule has 21 heavy (non-hydrogen) atoms.